The molecule has 4 nitrogen and oxygen atoms in total. The van der Waals surface area contributed by atoms with Gasteiger partial charge in [0.2, 0.25) is 5.95 Å². The summed E-state index contributed by atoms with van der Waals surface area (Å²) in [6.45, 7) is 2.28. The minimum absolute atomic E-state index is 0.0298. The second-order valence-corrected chi connectivity index (χ2v) is 5.01. The molecule has 112 valence electrons. The fourth-order valence-corrected chi connectivity index (χ4v) is 2.48. The Labute approximate surface area is 116 Å². The van der Waals surface area contributed by atoms with Crippen molar-refractivity contribution in [1.29, 1.82) is 0 Å². The minimum Gasteiger partial charge on any atom is -0.357 e. The first-order valence-corrected chi connectivity index (χ1v) is 6.84. The number of aromatic nitrogens is 2. The fourth-order valence-electron chi connectivity index (χ4n) is 2.48. The Morgan fingerprint density at radius 3 is 2.50 bits per heavy atom. The standard InChI is InChI=1S/C13H19F3N4/c1-3-17-12-18-10(13(14,15)16)8-11(19-12)20(2)9-6-4-5-7-9/h8-9H,3-7H2,1-2H3,(H,17,18,19). The van der Waals surface area contributed by atoms with Crippen molar-refractivity contribution in [3.05, 3.63) is 11.8 Å². The number of nitrogens with zero attached hydrogens (tertiary/aromatic N) is 3. The summed E-state index contributed by atoms with van der Waals surface area (Å²) in [6, 6.07) is 1.29. The molecule has 0 aromatic carbocycles. The van der Waals surface area contributed by atoms with Gasteiger partial charge in [0.15, 0.2) is 5.69 Å². The predicted molar refractivity (Wildman–Crippen MR) is 71.9 cm³/mol. The van der Waals surface area contributed by atoms with Crippen LogP contribution in [0.1, 0.15) is 38.3 Å². The van der Waals surface area contributed by atoms with Crippen LogP contribution in [0.15, 0.2) is 6.07 Å². The number of alkyl halides is 3. The molecular formula is C13H19F3N4. The topological polar surface area (TPSA) is 41.1 Å². The van der Waals surface area contributed by atoms with E-state index in [0.29, 0.717) is 12.4 Å². The van der Waals surface area contributed by atoms with Crippen molar-refractivity contribution in [3.8, 4) is 0 Å². The van der Waals surface area contributed by atoms with Crippen LogP contribution in [0, 0.1) is 0 Å². The third-order valence-corrected chi connectivity index (χ3v) is 3.57. The number of rotatable bonds is 4. The predicted octanol–water partition coefficient (Wildman–Crippen LogP) is 3.31. The molecular weight excluding hydrogens is 269 g/mol. The number of anilines is 2. The Morgan fingerprint density at radius 2 is 1.95 bits per heavy atom. The number of nitrogens with one attached hydrogen (secondary N) is 1. The van der Waals surface area contributed by atoms with Gasteiger partial charge in [0.1, 0.15) is 5.82 Å². The molecule has 1 saturated carbocycles. The largest absolute Gasteiger partial charge is 0.433 e. The lowest BCUT2D eigenvalue weighted by Gasteiger charge is -2.26. The molecule has 1 N–H and O–H groups in total. The molecule has 0 amide bonds. The van der Waals surface area contributed by atoms with Crippen molar-refractivity contribution in [2.75, 3.05) is 23.8 Å². The number of hydrogen-bond acceptors (Lipinski definition) is 4. The molecule has 0 aliphatic heterocycles. The lowest BCUT2D eigenvalue weighted by Crippen LogP contribution is -2.30. The van der Waals surface area contributed by atoms with E-state index < -0.39 is 11.9 Å². The Kier molecular flexibility index (Phi) is 4.35. The van der Waals surface area contributed by atoms with E-state index in [0.717, 1.165) is 31.7 Å². The molecule has 1 aromatic rings. The van der Waals surface area contributed by atoms with Gasteiger partial charge in [0.25, 0.3) is 0 Å². The van der Waals surface area contributed by atoms with E-state index >= 15 is 0 Å². The first-order chi connectivity index (χ1) is 9.41. The molecule has 1 aliphatic rings. The quantitative estimate of drug-likeness (QED) is 0.923. The van der Waals surface area contributed by atoms with Gasteiger partial charge < -0.3 is 10.2 Å². The third-order valence-electron chi connectivity index (χ3n) is 3.57. The van der Waals surface area contributed by atoms with Crippen molar-refractivity contribution in [3.63, 3.8) is 0 Å². The maximum Gasteiger partial charge on any atom is 0.433 e. The molecule has 0 unspecified atom stereocenters. The number of hydrogen-bond donors (Lipinski definition) is 1. The normalized spacial score (nSPS) is 16.4. The first kappa shape index (κ1) is 14.9. The van der Waals surface area contributed by atoms with Crippen LogP contribution in [0.4, 0.5) is 24.9 Å². The first-order valence-electron chi connectivity index (χ1n) is 6.84. The van der Waals surface area contributed by atoms with Crippen LogP contribution in [0.3, 0.4) is 0 Å². The summed E-state index contributed by atoms with van der Waals surface area (Å²) < 4.78 is 38.7. The number of halogens is 3. The molecule has 20 heavy (non-hydrogen) atoms. The summed E-state index contributed by atoms with van der Waals surface area (Å²) in [6.07, 6.45) is -0.228. The molecule has 0 radical (unpaired) electrons. The van der Waals surface area contributed by atoms with E-state index in [2.05, 4.69) is 15.3 Å². The Morgan fingerprint density at radius 1 is 1.30 bits per heavy atom. The highest BCUT2D eigenvalue weighted by molar-refractivity contribution is 5.46. The van der Waals surface area contributed by atoms with Crippen LogP contribution >= 0.6 is 0 Å². The van der Waals surface area contributed by atoms with Gasteiger partial charge in [-0.25, -0.2) is 4.98 Å². The molecule has 2 rings (SSSR count). The summed E-state index contributed by atoms with van der Waals surface area (Å²) in [4.78, 5) is 9.55. The monoisotopic (exact) mass is 288 g/mol. The van der Waals surface area contributed by atoms with Crippen LogP contribution in [0.5, 0.6) is 0 Å². The second-order valence-electron chi connectivity index (χ2n) is 5.01. The third kappa shape index (κ3) is 3.32. The van der Waals surface area contributed by atoms with E-state index in [1.807, 2.05) is 4.90 Å². The van der Waals surface area contributed by atoms with Crippen molar-refractivity contribution >= 4 is 11.8 Å². The lowest BCUT2D eigenvalue weighted by molar-refractivity contribution is -0.141. The molecule has 7 heteroatoms. The Hall–Kier alpha value is -1.53. The van der Waals surface area contributed by atoms with Gasteiger partial charge in [-0.3, -0.25) is 0 Å². The molecule has 0 saturated heterocycles. The van der Waals surface area contributed by atoms with Crippen molar-refractivity contribution < 1.29 is 13.2 Å². The maximum absolute atomic E-state index is 12.9. The van der Waals surface area contributed by atoms with E-state index in [9.17, 15) is 13.2 Å². The highest BCUT2D eigenvalue weighted by atomic mass is 19.4. The fraction of sp³-hybridized carbons (Fsp3) is 0.692. The van der Waals surface area contributed by atoms with Gasteiger partial charge in [-0.15, -0.1) is 0 Å². The molecule has 0 spiro atoms. The highest BCUT2D eigenvalue weighted by Crippen LogP contribution is 2.32. The van der Waals surface area contributed by atoms with Gasteiger partial charge in [0.05, 0.1) is 0 Å². The van der Waals surface area contributed by atoms with Crippen LogP contribution in [0.2, 0.25) is 0 Å². The second kappa shape index (κ2) is 5.85. The van der Waals surface area contributed by atoms with Crippen LogP contribution in [-0.4, -0.2) is 29.6 Å². The zero-order valence-corrected chi connectivity index (χ0v) is 11.7. The molecule has 1 fully saturated rings. The van der Waals surface area contributed by atoms with Crippen molar-refractivity contribution in [2.24, 2.45) is 0 Å². The van der Waals surface area contributed by atoms with E-state index in [1.54, 1.807) is 14.0 Å². The van der Waals surface area contributed by atoms with E-state index in [1.165, 1.54) is 0 Å². The zero-order chi connectivity index (χ0) is 14.8. The smallest absolute Gasteiger partial charge is 0.357 e. The average molecular weight is 288 g/mol. The van der Waals surface area contributed by atoms with E-state index in [-0.39, 0.29) is 12.0 Å². The van der Waals surface area contributed by atoms with Gasteiger partial charge in [-0.1, -0.05) is 12.8 Å². The summed E-state index contributed by atoms with van der Waals surface area (Å²) >= 11 is 0. The van der Waals surface area contributed by atoms with Crippen LogP contribution in [0.25, 0.3) is 0 Å². The molecule has 1 aliphatic carbocycles. The average Bonchev–Trinajstić information content (AvgIpc) is 2.90. The van der Waals surface area contributed by atoms with Crippen LogP contribution < -0.4 is 10.2 Å². The van der Waals surface area contributed by atoms with Crippen molar-refractivity contribution in [2.45, 2.75) is 44.8 Å². The summed E-state index contributed by atoms with van der Waals surface area (Å²) in [7, 11) is 1.80. The zero-order valence-electron chi connectivity index (χ0n) is 11.7. The highest BCUT2D eigenvalue weighted by Gasteiger charge is 2.34. The van der Waals surface area contributed by atoms with E-state index in [4.69, 9.17) is 0 Å². The summed E-state index contributed by atoms with van der Waals surface area (Å²) in [5.41, 5.74) is -0.900. The van der Waals surface area contributed by atoms with Gasteiger partial charge in [-0.05, 0) is 19.8 Å². The molecule has 1 heterocycles. The summed E-state index contributed by atoms with van der Waals surface area (Å²) in [5.74, 6) is 0.359. The van der Waals surface area contributed by atoms with Gasteiger partial charge in [-0.2, -0.15) is 18.2 Å². The van der Waals surface area contributed by atoms with Crippen LogP contribution in [-0.2, 0) is 6.18 Å². The lowest BCUT2D eigenvalue weighted by atomic mass is 10.2. The molecule has 0 atom stereocenters. The van der Waals surface area contributed by atoms with Gasteiger partial charge >= 0.3 is 6.18 Å². The molecule has 0 bridgehead atoms. The maximum atomic E-state index is 12.9. The van der Waals surface area contributed by atoms with Crippen molar-refractivity contribution in [1.82, 2.24) is 9.97 Å². The Bertz CT molecular complexity index is 455. The Balaban J connectivity index is 2.32. The molecule has 1 aromatic heterocycles. The SMILES string of the molecule is CCNc1nc(N(C)C2CCCC2)cc(C(F)(F)F)n1. The van der Waals surface area contributed by atoms with Gasteiger partial charge in [0, 0.05) is 25.7 Å². The summed E-state index contributed by atoms with van der Waals surface area (Å²) in [5, 5.41) is 2.76. The minimum atomic E-state index is -4.46.